The van der Waals surface area contributed by atoms with E-state index in [4.69, 9.17) is 10.0 Å². The van der Waals surface area contributed by atoms with Gasteiger partial charge in [-0.1, -0.05) is 12.1 Å². The van der Waals surface area contributed by atoms with Gasteiger partial charge in [0.25, 0.3) is 0 Å². The molecule has 1 aliphatic heterocycles. The lowest BCUT2D eigenvalue weighted by Crippen LogP contribution is -2.33. The molecule has 5 heteroatoms. The van der Waals surface area contributed by atoms with E-state index in [-0.39, 0.29) is 11.3 Å². The molecule has 18 heavy (non-hydrogen) atoms. The Kier molecular flexibility index (Phi) is 3.13. The highest BCUT2D eigenvalue weighted by Gasteiger charge is 2.37. The molecule has 0 aromatic heterocycles. The monoisotopic (exact) mass is 249 g/mol. The summed E-state index contributed by atoms with van der Waals surface area (Å²) in [5.41, 5.74) is 0.853. The summed E-state index contributed by atoms with van der Waals surface area (Å²) in [5, 5.41) is 18.0. The molecule has 1 saturated heterocycles. The first-order valence-electron chi connectivity index (χ1n) is 6.52. The second-order valence-electron chi connectivity index (χ2n) is 5.49. The van der Waals surface area contributed by atoms with Crippen LogP contribution >= 0.6 is 0 Å². The van der Waals surface area contributed by atoms with Gasteiger partial charge in [0.05, 0.1) is 0 Å². The standard InChI is InChI=1S/C13H17BFNO2/c15-13-6-11(14(17)18)3-2-10(13)8-16-7-9-1-4-12(16)5-9/h2-3,6,9,12,17-18H,1,4-5,7-8H2. The Morgan fingerprint density at radius 1 is 1.33 bits per heavy atom. The topological polar surface area (TPSA) is 43.7 Å². The van der Waals surface area contributed by atoms with E-state index in [2.05, 4.69) is 4.90 Å². The quantitative estimate of drug-likeness (QED) is 0.766. The average Bonchev–Trinajstić information content (AvgIpc) is 2.93. The maximum Gasteiger partial charge on any atom is 0.488 e. The van der Waals surface area contributed by atoms with Crippen molar-refractivity contribution in [2.24, 2.45) is 5.92 Å². The zero-order valence-corrected chi connectivity index (χ0v) is 10.2. The van der Waals surface area contributed by atoms with E-state index >= 15 is 0 Å². The number of likely N-dealkylation sites (tertiary alicyclic amines) is 1. The zero-order chi connectivity index (χ0) is 12.7. The molecule has 0 spiro atoms. The van der Waals surface area contributed by atoms with E-state index in [0.29, 0.717) is 18.2 Å². The predicted molar refractivity (Wildman–Crippen MR) is 67.8 cm³/mol. The van der Waals surface area contributed by atoms with Crippen LogP contribution < -0.4 is 5.46 Å². The molecule has 2 fully saturated rings. The Morgan fingerprint density at radius 2 is 2.17 bits per heavy atom. The fourth-order valence-corrected chi connectivity index (χ4v) is 3.29. The van der Waals surface area contributed by atoms with Crippen LogP contribution in [0.5, 0.6) is 0 Å². The van der Waals surface area contributed by atoms with Crippen LogP contribution in [0.1, 0.15) is 24.8 Å². The van der Waals surface area contributed by atoms with E-state index in [1.54, 1.807) is 12.1 Å². The Labute approximate surface area is 106 Å². The lowest BCUT2D eigenvalue weighted by atomic mass is 9.80. The number of halogens is 1. The number of piperidine rings is 1. The fraction of sp³-hybridized carbons (Fsp3) is 0.538. The first-order chi connectivity index (χ1) is 8.63. The molecule has 2 aliphatic rings. The highest BCUT2D eigenvalue weighted by Crippen LogP contribution is 2.38. The average molecular weight is 249 g/mol. The van der Waals surface area contributed by atoms with Gasteiger partial charge in [0.15, 0.2) is 0 Å². The summed E-state index contributed by atoms with van der Waals surface area (Å²) in [6.07, 6.45) is 3.81. The van der Waals surface area contributed by atoms with Crippen LogP contribution in [-0.4, -0.2) is 34.7 Å². The SMILES string of the molecule is OB(O)c1ccc(CN2CC3CCC2C3)c(F)c1. The van der Waals surface area contributed by atoms with Crippen molar-refractivity contribution >= 4 is 12.6 Å². The summed E-state index contributed by atoms with van der Waals surface area (Å²) < 4.78 is 13.9. The maximum absolute atomic E-state index is 13.9. The van der Waals surface area contributed by atoms with Crippen LogP contribution in [-0.2, 0) is 6.54 Å². The van der Waals surface area contributed by atoms with Crippen molar-refractivity contribution in [1.29, 1.82) is 0 Å². The van der Waals surface area contributed by atoms with Gasteiger partial charge in [-0.05, 0) is 36.7 Å². The number of hydrogen-bond donors (Lipinski definition) is 2. The van der Waals surface area contributed by atoms with Gasteiger partial charge in [-0.15, -0.1) is 0 Å². The van der Waals surface area contributed by atoms with Crippen molar-refractivity contribution in [3.8, 4) is 0 Å². The highest BCUT2D eigenvalue weighted by molar-refractivity contribution is 6.58. The Hall–Kier alpha value is -0.905. The summed E-state index contributed by atoms with van der Waals surface area (Å²) in [5.74, 6) is 0.458. The molecule has 0 amide bonds. The second kappa shape index (κ2) is 4.65. The third-order valence-corrected chi connectivity index (χ3v) is 4.27. The van der Waals surface area contributed by atoms with Crippen molar-refractivity contribution in [3.05, 3.63) is 29.6 Å². The van der Waals surface area contributed by atoms with Crippen LogP contribution in [0.3, 0.4) is 0 Å². The minimum absolute atomic E-state index is 0.208. The molecule has 0 radical (unpaired) electrons. The molecule has 2 N–H and O–H groups in total. The van der Waals surface area contributed by atoms with Crippen LogP contribution in [0.25, 0.3) is 0 Å². The molecule has 2 bridgehead atoms. The number of hydrogen-bond acceptors (Lipinski definition) is 3. The molecule has 3 rings (SSSR count). The van der Waals surface area contributed by atoms with E-state index in [0.717, 1.165) is 12.5 Å². The minimum atomic E-state index is -1.60. The van der Waals surface area contributed by atoms with Crippen molar-refractivity contribution < 1.29 is 14.4 Å². The van der Waals surface area contributed by atoms with E-state index in [9.17, 15) is 4.39 Å². The van der Waals surface area contributed by atoms with Gasteiger partial charge < -0.3 is 10.0 Å². The van der Waals surface area contributed by atoms with E-state index < -0.39 is 7.12 Å². The second-order valence-corrected chi connectivity index (χ2v) is 5.49. The number of benzene rings is 1. The lowest BCUT2D eigenvalue weighted by molar-refractivity contribution is 0.203. The minimum Gasteiger partial charge on any atom is -0.423 e. The van der Waals surface area contributed by atoms with Crippen molar-refractivity contribution in [3.63, 3.8) is 0 Å². The molecular weight excluding hydrogens is 232 g/mol. The first kappa shape index (κ1) is 12.1. The van der Waals surface area contributed by atoms with Gasteiger partial charge in [-0.25, -0.2) is 4.39 Å². The molecule has 96 valence electrons. The van der Waals surface area contributed by atoms with E-state index in [1.165, 1.54) is 25.3 Å². The van der Waals surface area contributed by atoms with Crippen LogP contribution in [0.15, 0.2) is 18.2 Å². The summed E-state index contributed by atoms with van der Waals surface area (Å²) >= 11 is 0. The van der Waals surface area contributed by atoms with Gasteiger partial charge in [0.2, 0.25) is 0 Å². The third kappa shape index (κ3) is 2.18. The fourth-order valence-electron chi connectivity index (χ4n) is 3.29. The molecule has 1 aromatic rings. The number of nitrogens with zero attached hydrogens (tertiary/aromatic N) is 1. The van der Waals surface area contributed by atoms with E-state index in [1.807, 2.05) is 0 Å². The Balaban J connectivity index is 1.73. The summed E-state index contributed by atoms with van der Waals surface area (Å²) in [6, 6.07) is 5.08. The molecule has 1 aliphatic carbocycles. The molecule has 2 atom stereocenters. The molecule has 1 aromatic carbocycles. The molecule has 2 unspecified atom stereocenters. The number of rotatable bonds is 3. The van der Waals surface area contributed by atoms with Gasteiger partial charge in [0, 0.05) is 24.7 Å². The third-order valence-electron chi connectivity index (χ3n) is 4.27. The van der Waals surface area contributed by atoms with Gasteiger partial charge >= 0.3 is 7.12 Å². The normalized spacial score (nSPS) is 26.8. The largest absolute Gasteiger partial charge is 0.488 e. The van der Waals surface area contributed by atoms with Crippen LogP contribution in [0.2, 0.25) is 0 Å². The maximum atomic E-state index is 13.9. The van der Waals surface area contributed by atoms with Crippen molar-refractivity contribution in [1.82, 2.24) is 4.90 Å². The van der Waals surface area contributed by atoms with Crippen LogP contribution in [0, 0.1) is 11.7 Å². The van der Waals surface area contributed by atoms with Crippen molar-refractivity contribution in [2.75, 3.05) is 6.54 Å². The molecular formula is C13H17BFNO2. The van der Waals surface area contributed by atoms with Gasteiger partial charge in [-0.3, -0.25) is 4.90 Å². The summed E-state index contributed by atoms with van der Waals surface area (Å²) in [7, 11) is -1.60. The zero-order valence-electron chi connectivity index (χ0n) is 10.2. The smallest absolute Gasteiger partial charge is 0.423 e. The van der Waals surface area contributed by atoms with Gasteiger partial charge in [-0.2, -0.15) is 0 Å². The molecule has 1 heterocycles. The van der Waals surface area contributed by atoms with Gasteiger partial charge in [0.1, 0.15) is 5.82 Å². The predicted octanol–water partition coefficient (Wildman–Crippen LogP) is 0.490. The number of fused-ring (bicyclic) bond motifs is 2. The Morgan fingerprint density at radius 3 is 2.72 bits per heavy atom. The van der Waals surface area contributed by atoms with Crippen molar-refractivity contribution in [2.45, 2.75) is 31.8 Å². The highest BCUT2D eigenvalue weighted by atomic mass is 19.1. The first-order valence-corrected chi connectivity index (χ1v) is 6.52. The summed E-state index contributed by atoms with van der Waals surface area (Å²) in [4.78, 5) is 2.35. The van der Waals surface area contributed by atoms with Crippen LogP contribution in [0.4, 0.5) is 4.39 Å². The Bertz CT molecular complexity index is 455. The summed E-state index contributed by atoms with van der Waals surface area (Å²) in [6.45, 7) is 1.71. The molecule has 1 saturated carbocycles. The molecule has 3 nitrogen and oxygen atoms in total. The lowest BCUT2D eigenvalue weighted by Gasteiger charge is -2.26.